The van der Waals surface area contributed by atoms with Crippen molar-refractivity contribution < 1.29 is 14.1 Å². The highest BCUT2D eigenvalue weighted by atomic mass is 16.6. The molecule has 0 aliphatic carbocycles. The van der Waals surface area contributed by atoms with Gasteiger partial charge in [0.1, 0.15) is 12.1 Å². The Morgan fingerprint density at radius 2 is 2.24 bits per heavy atom. The molecular formula is C13H16N4O4. The van der Waals surface area contributed by atoms with Gasteiger partial charge in [-0.15, -0.1) is 0 Å². The molecule has 0 radical (unpaired) electrons. The van der Waals surface area contributed by atoms with Crippen molar-refractivity contribution in [1.82, 2.24) is 20.4 Å². The summed E-state index contributed by atoms with van der Waals surface area (Å²) in [6.45, 7) is 5.35. The summed E-state index contributed by atoms with van der Waals surface area (Å²) in [7, 11) is 0. The summed E-state index contributed by atoms with van der Waals surface area (Å²) in [5.41, 5.74) is -0.299. The van der Waals surface area contributed by atoms with E-state index in [1.54, 1.807) is 26.8 Å². The lowest BCUT2D eigenvalue weighted by Crippen LogP contribution is -2.32. The Kier molecular flexibility index (Phi) is 4.06. The fourth-order valence-electron chi connectivity index (χ4n) is 1.49. The number of aromatic amines is 1. The predicted molar refractivity (Wildman–Crippen MR) is 73.4 cm³/mol. The van der Waals surface area contributed by atoms with Gasteiger partial charge in [0.2, 0.25) is 17.3 Å². The third-order valence-electron chi connectivity index (χ3n) is 2.28. The zero-order chi connectivity index (χ0) is 15.5. The lowest BCUT2D eigenvalue weighted by atomic mass is 10.2. The number of hydrogen-bond acceptors (Lipinski definition) is 6. The number of nitrogens with zero attached hydrogens (tertiary/aromatic N) is 2. The highest BCUT2D eigenvalue weighted by Crippen LogP contribution is 2.12. The minimum Gasteiger partial charge on any atom is -0.444 e. The van der Waals surface area contributed by atoms with Crippen LogP contribution < -0.4 is 10.9 Å². The Morgan fingerprint density at radius 3 is 2.90 bits per heavy atom. The van der Waals surface area contributed by atoms with E-state index in [0.717, 1.165) is 0 Å². The number of amides is 1. The van der Waals surface area contributed by atoms with Gasteiger partial charge in [0.25, 0.3) is 0 Å². The largest absolute Gasteiger partial charge is 0.444 e. The lowest BCUT2D eigenvalue weighted by molar-refractivity contribution is 0.0518. The number of hydrogen-bond donors (Lipinski definition) is 2. The average molecular weight is 292 g/mol. The van der Waals surface area contributed by atoms with Crippen LogP contribution >= 0.6 is 0 Å². The zero-order valence-corrected chi connectivity index (χ0v) is 12.0. The maximum Gasteiger partial charge on any atom is 0.408 e. The van der Waals surface area contributed by atoms with E-state index in [9.17, 15) is 9.59 Å². The minimum atomic E-state index is -0.574. The molecular weight excluding hydrogens is 276 g/mol. The van der Waals surface area contributed by atoms with Gasteiger partial charge in [-0.05, 0) is 26.8 Å². The number of rotatable bonds is 3. The number of H-pyrrole nitrogens is 1. The van der Waals surface area contributed by atoms with Crippen molar-refractivity contribution in [3.63, 3.8) is 0 Å². The van der Waals surface area contributed by atoms with Gasteiger partial charge in [0.05, 0.1) is 0 Å². The second-order valence-corrected chi connectivity index (χ2v) is 5.31. The maximum absolute atomic E-state index is 11.5. The fraction of sp³-hybridized carbons (Fsp3) is 0.385. The topological polar surface area (TPSA) is 110 Å². The summed E-state index contributed by atoms with van der Waals surface area (Å²) >= 11 is 0. The Hall–Kier alpha value is -2.64. The molecule has 8 heteroatoms. The summed E-state index contributed by atoms with van der Waals surface area (Å²) in [5, 5.41) is 6.26. The Morgan fingerprint density at radius 1 is 1.48 bits per heavy atom. The normalized spacial score (nSPS) is 11.2. The molecule has 0 aromatic carbocycles. The molecule has 0 bridgehead atoms. The Balaban J connectivity index is 1.98. The van der Waals surface area contributed by atoms with Crippen LogP contribution in [0, 0.1) is 0 Å². The van der Waals surface area contributed by atoms with Crippen molar-refractivity contribution in [2.24, 2.45) is 0 Å². The van der Waals surface area contributed by atoms with Crippen molar-refractivity contribution in [2.75, 3.05) is 0 Å². The first-order valence-corrected chi connectivity index (χ1v) is 6.32. The summed E-state index contributed by atoms with van der Waals surface area (Å²) in [6.07, 6.45) is 0.922. The van der Waals surface area contributed by atoms with E-state index >= 15 is 0 Å². The first kappa shape index (κ1) is 14.8. The van der Waals surface area contributed by atoms with Crippen LogP contribution in [0.15, 0.2) is 27.6 Å². The number of alkyl carbamates (subject to hydrolysis) is 1. The number of aromatic nitrogens is 3. The Labute approximate surface area is 120 Å². The molecule has 2 rings (SSSR count). The minimum absolute atomic E-state index is 0.0467. The van der Waals surface area contributed by atoms with Crippen molar-refractivity contribution >= 4 is 6.09 Å². The predicted octanol–water partition coefficient (Wildman–Crippen LogP) is 1.45. The van der Waals surface area contributed by atoms with Gasteiger partial charge in [0.15, 0.2) is 0 Å². The molecule has 1 amide bonds. The SMILES string of the molecule is CC(C)(C)OC(=O)NCc1nc(-c2cc[nH]c(=O)c2)no1. The van der Waals surface area contributed by atoms with Crippen LogP contribution in [0.3, 0.4) is 0 Å². The summed E-state index contributed by atoms with van der Waals surface area (Å²) in [4.78, 5) is 29.3. The number of carbonyl (C=O) groups excluding carboxylic acids is 1. The molecule has 0 saturated carbocycles. The number of carbonyl (C=O) groups is 1. The number of nitrogens with one attached hydrogen (secondary N) is 2. The summed E-state index contributed by atoms with van der Waals surface area (Å²) in [5.74, 6) is 0.498. The van der Waals surface area contributed by atoms with Crippen molar-refractivity contribution in [2.45, 2.75) is 32.9 Å². The molecule has 0 aliphatic heterocycles. The van der Waals surface area contributed by atoms with Crippen LogP contribution in [-0.2, 0) is 11.3 Å². The summed E-state index contributed by atoms with van der Waals surface area (Å²) in [6, 6.07) is 3.01. The third kappa shape index (κ3) is 4.44. The van der Waals surface area contributed by atoms with Crippen LogP contribution in [0.2, 0.25) is 0 Å². The first-order valence-electron chi connectivity index (χ1n) is 6.32. The van der Waals surface area contributed by atoms with E-state index in [-0.39, 0.29) is 23.8 Å². The summed E-state index contributed by atoms with van der Waals surface area (Å²) < 4.78 is 10.1. The van der Waals surface area contributed by atoms with Crippen molar-refractivity contribution in [3.8, 4) is 11.4 Å². The highest BCUT2D eigenvalue weighted by molar-refractivity contribution is 5.67. The maximum atomic E-state index is 11.5. The monoisotopic (exact) mass is 292 g/mol. The van der Waals surface area contributed by atoms with Crippen LogP contribution in [0.4, 0.5) is 4.79 Å². The molecule has 0 fully saturated rings. The van der Waals surface area contributed by atoms with Crippen LogP contribution in [-0.4, -0.2) is 26.8 Å². The molecule has 112 valence electrons. The lowest BCUT2D eigenvalue weighted by Gasteiger charge is -2.19. The van der Waals surface area contributed by atoms with E-state index in [4.69, 9.17) is 9.26 Å². The van der Waals surface area contributed by atoms with Gasteiger partial charge in [-0.1, -0.05) is 5.16 Å². The van der Waals surface area contributed by atoms with Gasteiger partial charge in [-0.3, -0.25) is 4.79 Å². The molecule has 2 N–H and O–H groups in total. The van der Waals surface area contributed by atoms with Crippen molar-refractivity contribution in [1.29, 1.82) is 0 Å². The molecule has 2 aromatic rings. The van der Waals surface area contributed by atoms with Gasteiger partial charge < -0.3 is 19.6 Å². The second-order valence-electron chi connectivity index (χ2n) is 5.31. The van der Waals surface area contributed by atoms with Gasteiger partial charge in [-0.25, -0.2) is 4.79 Å². The molecule has 0 saturated heterocycles. The van der Waals surface area contributed by atoms with Gasteiger partial charge >= 0.3 is 6.09 Å². The molecule has 0 unspecified atom stereocenters. The third-order valence-corrected chi connectivity index (χ3v) is 2.28. The zero-order valence-electron chi connectivity index (χ0n) is 12.0. The molecule has 21 heavy (non-hydrogen) atoms. The number of ether oxygens (including phenoxy) is 1. The molecule has 2 aromatic heterocycles. The number of pyridine rings is 1. The molecule has 8 nitrogen and oxygen atoms in total. The van der Waals surface area contributed by atoms with Crippen molar-refractivity contribution in [3.05, 3.63) is 34.6 Å². The highest BCUT2D eigenvalue weighted by Gasteiger charge is 2.17. The van der Waals surface area contributed by atoms with Crippen LogP contribution in [0.5, 0.6) is 0 Å². The van der Waals surface area contributed by atoms with Gasteiger partial charge in [-0.2, -0.15) is 4.98 Å². The smallest absolute Gasteiger partial charge is 0.408 e. The van der Waals surface area contributed by atoms with E-state index < -0.39 is 11.7 Å². The van der Waals surface area contributed by atoms with E-state index in [1.165, 1.54) is 12.3 Å². The van der Waals surface area contributed by atoms with Crippen LogP contribution in [0.1, 0.15) is 26.7 Å². The van der Waals surface area contributed by atoms with Gasteiger partial charge in [0, 0.05) is 17.8 Å². The second kappa shape index (κ2) is 5.78. The Bertz CT molecular complexity index is 684. The van der Waals surface area contributed by atoms with E-state index in [2.05, 4.69) is 20.4 Å². The molecule has 2 heterocycles. The first-order chi connectivity index (χ1) is 9.83. The van der Waals surface area contributed by atoms with Crippen LogP contribution in [0.25, 0.3) is 11.4 Å². The molecule has 0 aliphatic rings. The quantitative estimate of drug-likeness (QED) is 0.886. The standard InChI is InChI=1S/C13H16N4O4/c1-13(2,3)20-12(19)15-7-10-16-11(17-21-10)8-4-5-14-9(18)6-8/h4-6H,7H2,1-3H3,(H,14,18)(H,15,19). The fourth-order valence-corrected chi connectivity index (χ4v) is 1.49. The molecule has 0 spiro atoms. The molecule has 0 atom stereocenters. The average Bonchev–Trinajstić information content (AvgIpc) is 2.83. The van der Waals surface area contributed by atoms with E-state index in [1.807, 2.05) is 0 Å². The van der Waals surface area contributed by atoms with E-state index in [0.29, 0.717) is 5.56 Å².